The molecule has 1 aliphatic heterocycles. The first kappa shape index (κ1) is 19.4. The number of ether oxygens (including phenoxy) is 4. The molecule has 0 amide bonds. The summed E-state index contributed by atoms with van der Waals surface area (Å²) in [6.45, 7) is 3.18. The molecule has 11 heteroatoms. The molecular formula is C15H18N2O9. The van der Waals surface area contributed by atoms with E-state index in [1.807, 2.05) is 4.98 Å². The molecular weight excluding hydrogens is 352 g/mol. The van der Waals surface area contributed by atoms with E-state index in [9.17, 15) is 24.0 Å². The molecule has 4 atom stereocenters. The highest BCUT2D eigenvalue weighted by atomic mass is 16.6. The molecule has 1 aliphatic rings. The smallest absolute Gasteiger partial charge is 0.325 e. The van der Waals surface area contributed by atoms with Crippen molar-refractivity contribution in [2.75, 3.05) is 6.61 Å². The Morgan fingerprint density at radius 2 is 1.65 bits per heavy atom. The lowest BCUT2D eigenvalue weighted by molar-refractivity contribution is -0.165. The summed E-state index contributed by atoms with van der Waals surface area (Å²) in [6, 6.07) is 0. The summed E-state index contributed by atoms with van der Waals surface area (Å²) in [4.78, 5) is 61.6. The first-order valence-corrected chi connectivity index (χ1v) is 7.64. The van der Waals surface area contributed by atoms with Gasteiger partial charge in [0.25, 0.3) is 5.56 Å². The Morgan fingerprint density at radius 3 is 2.19 bits per heavy atom. The lowest BCUT2D eigenvalue weighted by Gasteiger charge is -2.23. The van der Waals surface area contributed by atoms with Crippen LogP contribution in [0.1, 0.15) is 32.4 Å². The number of esters is 3. The highest BCUT2D eigenvalue weighted by molar-refractivity contribution is 5.68. The fourth-order valence-electron chi connectivity index (χ4n) is 2.60. The maximum absolute atomic E-state index is 12.1. The minimum absolute atomic E-state index is 0.0432. The van der Waals surface area contributed by atoms with Crippen LogP contribution in [0.4, 0.5) is 0 Å². The molecule has 0 aromatic carbocycles. The van der Waals surface area contributed by atoms with Crippen LogP contribution in [0, 0.1) is 0 Å². The van der Waals surface area contributed by atoms with E-state index in [2.05, 4.69) is 4.98 Å². The number of carbonyl (C=O) groups excluding carboxylic acids is 3. The molecule has 2 heterocycles. The number of carbonyl (C=O) groups is 3. The zero-order valence-electron chi connectivity index (χ0n) is 14.3. The van der Waals surface area contributed by atoms with Crippen molar-refractivity contribution in [3.05, 3.63) is 32.6 Å². The zero-order chi connectivity index (χ0) is 19.4. The van der Waals surface area contributed by atoms with E-state index >= 15 is 0 Å². The molecule has 2 N–H and O–H groups in total. The van der Waals surface area contributed by atoms with Gasteiger partial charge in [-0.1, -0.05) is 0 Å². The van der Waals surface area contributed by atoms with Gasteiger partial charge >= 0.3 is 23.6 Å². The number of hydrogen-bond acceptors (Lipinski definition) is 9. The van der Waals surface area contributed by atoms with Gasteiger partial charge in [-0.15, -0.1) is 0 Å². The van der Waals surface area contributed by atoms with Crippen molar-refractivity contribution in [3.8, 4) is 0 Å². The average Bonchev–Trinajstić information content (AvgIpc) is 2.82. The fraction of sp³-hybridized carbons (Fsp3) is 0.533. The standard InChI is InChI=1S/C15H18N2O9/c1-6(18)23-5-10-12(24-7(2)19)13(25-8(3)20)11(26-10)9-4-16-15(22)17-14(9)21/h4,10-13H,5H2,1-3H3,(H2,16,17,21,22). The van der Waals surface area contributed by atoms with E-state index in [0.717, 1.165) is 20.0 Å². The lowest BCUT2D eigenvalue weighted by Crippen LogP contribution is -2.40. The maximum Gasteiger partial charge on any atom is 0.325 e. The summed E-state index contributed by atoms with van der Waals surface area (Å²) in [5.41, 5.74) is -1.53. The largest absolute Gasteiger partial charge is 0.463 e. The van der Waals surface area contributed by atoms with Crippen LogP contribution >= 0.6 is 0 Å². The van der Waals surface area contributed by atoms with Gasteiger partial charge in [-0.25, -0.2) is 4.79 Å². The van der Waals surface area contributed by atoms with Gasteiger partial charge in [0, 0.05) is 27.0 Å². The van der Waals surface area contributed by atoms with Crippen molar-refractivity contribution in [3.63, 3.8) is 0 Å². The quantitative estimate of drug-likeness (QED) is 0.487. The number of H-pyrrole nitrogens is 2. The van der Waals surface area contributed by atoms with E-state index in [-0.39, 0.29) is 12.2 Å². The second-order valence-corrected chi connectivity index (χ2v) is 5.57. The van der Waals surface area contributed by atoms with Crippen LogP contribution in [-0.4, -0.2) is 52.8 Å². The summed E-state index contributed by atoms with van der Waals surface area (Å²) in [5, 5.41) is 0. The van der Waals surface area contributed by atoms with Gasteiger partial charge in [0.15, 0.2) is 12.2 Å². The van der Waals surface area contributed by atoms with E-state index in [0.29, 0.717) is 0 Å². The van der Waals surface area contributed by atoms with Gasteiger partial charge in [-0.05, 0) is 0 Å². The van der Waals surface area contributed by atoms with E-state index in [1.165, 1.54) is 6.92 Å². The second-order valence-electron chi connectivity index (χ2n) is 5.57. The van der Waals surface area contributed by atoms with Gasteiger partial charge in [0.05, 0.1) is 5.56 Å². The van der Waals surface area contributed by atoms with Gasteiger partial charge in [0.1, 0.15) is 18.8 Å². The van der Waals surface area contributed by atoms with Gasteiger partial charge < -0.3 is 23.9 Å². The molecule has 0 radical (unpaired) electrons. The lowest BCUT2D eigenvalue weighted by atomic mass is 10.0. The molecule has 1 fully saturated rings. The molecule has 0 bridgehead atoms. The second kappa shape index (κ2) is 7.95. The van der Waals surface area contributed by atoms with Crippen LogP contribution in [0.15, 0.2) is 15.8 Å². The van der Waals surface area contributed by atoms with E-state index < -0.39 is 53.6 Å². The third-order valence-corrected chi connectivity index (χ3v) is 3.52. The summed E-state index contributed by atoms with van der Waals surface area (Å²) in [6.07, 6.45) is -3.31. The molecule has 0 saturated carbocycles. The Morgan fingerprint density at radius 1 is 1.04 bits per heavy atom. The minimum atomic E-state index is -1.18. The summed E-state index contributed by atoms with van der Waals surface area (Å²) >= 11 is 0. The number of aromatic amines is 2. The Balaban J connectivity index is 2.41. The summed E-state index contributed by atoms with van der Waals surface area (Å²) < 4.78 is 20.9. The topological polar surface area (TPSA) is 154 Å². The minimum Gasteiger partial charge on any atom is -0.463 e. The molecule has 0 spiro atoms. The van der Waals surface area contributed by atoms with Crippen molar-refractivity contribution in [2.45, 2.75) is 45.2 Å². The van der Waals surface area contributed by atoms with Crippen LogP contribution in [0.3, 0.4) is 0 Å². The first-order chi connectivity index (χ1) is 12.2. The predicted octanol–water partition coefficient (Wildman–Crippen LogP) is -1.07. The van der Waals surface area contributed by atoms with E-state index in [4.69, 9.17) is 18.9 Å². The molecule has 11 nitrogen and oxygen atoms in total. The predicted molar refractivity (Wildman–Crippen MR) is 83.0 cm³/mol. The Kier molecular flexibility index (Phi) is 5.93. The number of hydrogen-bond donors (Lipinski definition) is 2. The highest BCUT2D eigenvalue weighted by Gasteiger charge is 2.51. The molecule has 2 rings (SSSR count). The fourth-order valence-corrected chi connectivity index (χ4v) is 2.60. The van der Waals surface area contributed by atoms with Crippen molar-refractivity contribution < 1.29 is 33.3 Å². The van der Waals surface area contributed by atoms with Crippen LogP contribution in [0.2, 0.25) is 0 Å². The number of nitrogens with one attached hydrogen (secondary N) is 2. The molecule has 1 aromatic rings. The first-order valence-electron chi connectivity index (χ1n) is 7.64. The summed E-state index contributed by atoms with van der Waals surface area (Å²) in [7, 11) is 0. The van der Waals surface area contributed by atoms with Crippen molar-refractivity contribution in [1.82, 2.24) is 9.97 Å². The molecule has 1 aromatic heterocycles. The van der Waals surface area contributed by atoms with Crippen LogP contribution in [0.25, 0.3) is 0 Å². The van der Waals surface area contributed by atoms with Gasteiger partial charge in [-0.2, -0.15) is 0 Å². The van der Waals surface area contributed by atoms with E-state index in [1.54, 1.807) is 0 Å². The average molecular weight is 370 g/mol. The van der Waals surface area contributed by atoms with Crippen molar-refractivity contribution in [1.29, 1.82) is 0 Å². The number of rotatable bonds is 5. The molecule has 142 valence electrons. The SMILES string of the molecule is CC(=O)OCC1OC(c2c[nH]c(=O)[nH]c2=O)C(OC(C)=O)C1OC(C)=O. The van der Waals surface area contributed by atoms with Crippen molar-refractivity contribution in [2.24, 2.45) is 0 Å². The zero-order valence-corrected chi connectivity index (χ0v) is 14.3. The number of aromatic nitrogens is 2. The normalized spacial score (nSPS) is 24.7. The molecule has 4 unspecified atom stereocenters. The van der Waals surface area contributed by atoms with Crippen LogP contribution in [0.5, 0.6) is 0 Å². The molecule has 0 aliphatic carbocycles. The Bertz CT molecular complexity index is 812. The molecule has 1 saturated heterocycles. The highest BCUT2D eigenvalue weighted by Crippen LogP contribution is 2.36. The third kappa shape index (κ3) is 4.57. The van der Waals surface area contributed by atoms with Gasteiger partial charge in [0.2, 0.25) is 0 Å². The van der Waals surface area contributed by atoms with Crippen molar-refractivity contribution >= 4 is 17.9 Å². The summed E-state index contributed by atoms with van der Waals surface area (Å²) in [5.74, 6) is -1.97. The Hall–Kier alpha value is -2.95. The monoisotopic (exact) mass is 370 g/mol. The third-order valence-electron chi connectivity index (χ3n) is 3.52. The van der Waals surface area contributed by atoms with Crippen LogP contribution < -0.4 is 11.2 Å². The maximum atomic E-state index is 12.1. The molecule has 26 heavy (non-hydrogen) atoms. The van der Waals surface area contributed by atoms with Crippen LogP contribution in [-0.2, 0) is 33.3 Å². The Labute approximate surface area is 146 Å². The van der Waals surface area contributed by atoms with Gasteiger partial charge in [-0.3, -0.25) is 24.2 Å².